The molecular formula is C20H24N2O3. The zero-order valence-electron chi connectivity index (χ0n) is 15.1. The summed E-state index contributed by atoms with van der Waals surface area (Å²) in [5.41, 5.74) is 3.57. The summed E-state index contributed by atoms with van der Waals surface area (Å²) < 4.78 is 5.13. The fourth-order valence-electron chi connectivity index (χ4n) is 2.67. The number of nitrogens with one attached hydrogen (secondary N) is 1. The summed E-state index contributed by atoms with van der Waals surface area (Å²) in [6.07, 6.45) is 0.826. The average Bonchev–Trinajstić information content (AvgIpc) is 2.61. The number of hydrogen-bond acceptors (Lipinski definition) is 3. The van der Waals surface area contributed by atoms with Gasteiger partial charge in [0.15, 0.2) is 0 Å². The van der Waals surface area contributed by atoms with Crippen LogP contribution in [0.15, 0.2) is 42.5 Å². The zero-order chi connectivity index (χ0) is 18.4. The van der Waals surface area contributed by atoms with Gasteiger partial charge in [-0.2, -0.15) is 0 Å². The summed E-state index contributed by atoms with van der Waals surface area (Å²) in [6.45, 7) is 5.41. The van der Waals surface area contributed by atoms with Crippen molar-refractivity contribution in [1.29, 1.82) is 0 Å². The molecule has 1 N–H and O–H groups in total. The number of amides is 2. The molecule has 0 spiro atoms. The number of rotatable bonds is 6. The van der Waals surface area contributed by atoms with Crippen LogP contribution in [0.1, 0.15) is 25.0 Å². The molecule has 0 unspecified atom stereocenters. The van der Waals surface area contributed by atoms with E-state index in [1.165, 1.54) is 11.8 Å². The maximum atomic E-state index is 12.5. The molecule has 0 aliphatic heterocycles. The molecule has 0 saturated heterocycles. The van der Waals surface area contributed by atoms with E-state index in [4.69, 9.17) is 4.74 Å². The van der Waals surface area contributed by atoms with E-state index < -0.39 is 0 Å². The molecule has 0 aliphatic carbocycles. The van der Waals surface area contributed by atoms with Gasteiger partial charge in [-0.25, -0.2) is 0 Å². The van der Waals surface area contributed by atoms with Crippen LogP contribution in [0, 0.1) is 6.92 Å². The molecule has 2 aromatic carbocycles. The standard InChI is InChI=1S/C20H24N2O3/c1-5-16-8-6-7-14(2)20(16)21-19(24)13-22(15(3)23)17-9-11-18(25-4)12-10-17/h6-12H,5,13H2,1-4H3,(H,21,24). The maximum absolute atomic E-state index is 12.5. The molecule has 2 amide bonds. The Hall–Kier alpha value is -2.82. The van der Waals surface area contributed by atoms with Crippen molar-refractivity contribution in [2.75, 3.05) is 23.9 Å². The third-order valence-electron chi connectivity index (χ3n) is 4.07. The predicted octanol–water partition coefficient (Wildman–Crippen LogP) is 3.56. The third kappa shape index (κ3) is 4.59. The van der Waals surface area contributed by atoms with Crippen LogP contribution >= 0.6 is 0 Å². The van der Waals surface area contributed by atoms with Crippen molar-refractivity contribution in [3.8, 4) is 5.75 Å². The van der Waals surface area contributed by atoms with Gasteiger partial charge in [0.25, 0.3) is 0 Å². The van der Waals surface area contributed by atoms with E-state index in [1.54, 1.807) is 31.4 Å². The Morgan fingerprint density at radius 3 is 2.36 bits per heavy atom. The molecule has 5 nitrogen and oxygen atoms in total. The van der Waals surface area contributed by atoms with Gasteiger partial charge in [-0.1, -0.05) is 25.1 Å². The van der Waals surface area contributed by atoms with Gasteiger partial charge in [0, 0.05) is 18.3 Å². The van der Waals surface area contributed by atoms with Crippen LogP contribution in [-0.4, -0.2) is 25.5 Å². The molecule has 2 rings (SSSR count). The lowest BCUT2D eigenvalue weighted by molar-refractivity contribution is -0.120. The Kier molecular flexibility index (Phi) is 6.17. The lowest BCUT2D eigenvalue weighted by Crippen LogP contribution is -2.36. The SMILES string of the molecule is CCc1cccc(C)c1NC(=O)CN(C(C)=O)c1ccc(OC)cc1. The largest absolute Gasteiger partial charge is 0.497 e. The minimum absolute atomic E-state index is 0.0425. The summed E-state index contributed by atoms with van der Waals surface area (Å²) in [6, 6.07) is 13.0. The minimum Gasteiger partial charge on any atom is -0.497 e. The zero-order valence-corrected chi connectivity index (χ0v) is 15.1. The second-order valence-electron chi connectivity index (χ2n) is 5.81. The van der Waals surface area contributed by atoms with Gasteiger partial charge in [-0.15, -0.1) is 0 Å². The average molecular weight is 340 g/mol. The van der Waals surface area contributed by atoms with E-state index in [0.717, 1.165) is 23.2 Å². The van der Waals surface area contributed by atoms with Crippen molar-refractivity contribution in [1.82, 2.24) is 0 Å². The summed E-state index contributed by atoms with van der Waals surface area (Å²) >= 11 is 0. The van der Waals surface area contributed by atoms with Crippen molar-refractivity contribution in [3.05, 3.63) is 53.6 Å². The topological polar surface area (TPSA) is 58.6 Å². The van der Waals surface area contributed by atoms with E-state index >= 15 is 0 Å². The van der Waals surface area contributed by atoms with Crippen LogP contribution in [0.4, 0.5) is 11.4 Å². The Morgan fingerprint density at radius 2 is 1.80 bits per heavy atom. The van der Waals surface area contributed by atoms with Gasteiger partial charge >= 0.3 is 0 Å². The van der Waals surface area contributed by atoms with E-state index in [2.05, 4.69) is 5.32 Å². The number of nitrogens with zero attached hydrogens (tertiary/aromatic N) is 1. The molecule has 0 heterocycles. The molecule has 0 saturated carbocycles. The molecular weight excluding hydrogens is 316 g/mol. The second kappa shape index (κ2) is 8.33. The third-order valence-corrected chi connectivity index (χ3v) is 4.07. The number of carbonyl (C=O) groups is 2. The Balaban J connectivity index is 2.17. The molecule has 0 radical (unpaired) electrons. The predicted molar refractivity (Wildman–Crippen MR) is 100 cm³/mol. The number of carbonyl (C=O) groups excluding carboxylic acids is 2. The highest BCUT2D eigenvalue weighted by atomic mass is 16.5. The van der Waals surface area contributed by atoms with Crippen LogP contribution in [-0.2, 0) is 16.0 Å². The first-order chi connectivity index (χ1) is 12.0. The summed E-state index contributed by atoms with van der Waals surface area (Å²) in [4.78, 5) is 25.9. The van der Waals surface area contributed by atoms with Crippen LogP contribution in [0.3, 0.4) is 0 Å². The normalized spacial score (nSPS) is 10.2. The fraction of sp³-hybridized carbons (Fsp3) is 0.300. The van der Waals surface area contributed by atoms with Crippen LogP contribution in [0.2, 0.25) is 0 Å². The number of methoxy groups -OCH3 is 1. The van der Waals surface area contributed by atoms with Gasteiger partial charge in [-0.05, 0) is 48.7 Å². The number of ether oxygens (including phenoxy) is 1. The molecule has 0 bridgehead atoms. The first-order valence-electron chi connectivity index (χ1n) is 8.26. The Morgan fingerprint density at radius 1 is 1.12 bits per heavy atom. The quantitative estimate of drug-likeness (QED) is 0.875. The van der Waals surface area contributed by atoms with E-state index in [-0.39, 0.29) is 18.4 Å². The van der Waals surface area contributed by atoms with Gasteiger partial charge in [0.1, 0.15) is 12.3 Å². The van der Waals surface area contributed by atoms with Gasteiger partial charge in [-0.3, -0.25) is 9.59 Å². The van der Waals surface area contributed by atoms with Gasteiger partial charge in [0.2, 0.25) is 11.8 Å². The molecule has 0 aromatic heterocycles. The van der Waals surface area contributed by atoms with Crippen molar-refractivity contribution >= 4 is 23.2 Å². The number of hydrogen-bond donors (Lipinski definition) is 1. The highest BCUT2D eigenvalue weighted by Crippen LogP contribution is 2.22. The van der Waals surface area contributed by atoms with Crippen molar-refractivity contribution in [2.45, 2.75) is 27.2 Å². The highest BCUT2D eigenvalue weighted by Gasteiger charge is 2.17. The second-order valence-corrected chi connectivity index (χ2v) is 5.81. The lowest BCUT2D eigenvalue weighted by Gasteiger charge is -2.22. The smallest absolute Gasteiger partial charge is 0.244 e. The van der Waals surface area contributed by atoms with Crippen molar-refractivity contribution < 1.29 is 14.3 Å². The summed E-state index contributed by atoms with van der Waals surface area (Å²) in [5, 5.41) is 2.95. The van der Waals surface area contributed by atoms with Crippen molar-refractivity contribution in [3.63, 3.8) is 0 Å². The first kappa shape index (κ1) is 18.5. The van der Waals surface area contributed by atoms with E-state index in [0.29, 0.717) is 11.4 Å². The summed E-state index contributed by atoms with van der Waals surface area (Å²) in [7, 11) is 1.58. The monoisotopic (exact) mass is 340 g/mol. The lowest BCUT2D eigenvalue weighted by atomic mass is 10.1. The van der Waals surface area contributed by atoms with Gasteiger partial charge in [0.05, 0.1) is 7.11 Å². The molecule has 0 fully saturated rings. The van der Waals surface area contributed by atoms with Crippen molar-refractivity contribution in [2.24, 2.45) is 0 Å². The van der Waals surface area contributed by atoms with Gasteiger partial charge < -0.3 is 15.0 Å². The van der Waals surface area contributed by atoms with Crippen LogP contribution in [0.5, 0.6) is 5.75 Å². The number of para-hydroxylation sites is 1. The molecule has 0 aliphatic rings. The fourth-order valence-corrected chi connectivity index (χ4v) is 2.67. The summed E-state index contributed by atoms with van der Waals surface area (Å²) in [5.74, 6) is 0.278. The number of benzene rings is 2. The Bertz CT molecular complexity index is 754. The van der Waals surface area contributed by atoms with E-state index in [9.17, 15) is 9.59 Å². The maximum Gasteiger partial charge on any atom is 0.244 e. The molecule has 2 aromatic rings. The number of aryl methyl sites for hydroxylation is 2. The number of anilines is 2. The van der Waals surface area contributed by atoms with Crippen LogP contribution < -0.4 is 15.0 Å². The van der Waals surface area contributed by atoms with Crippen LogP contribution in [0.25, 0.3) is 0 Å². The molecule has 25 heavy (non-hydrogen) atoms. The minimum atomic E-state index is -0.227. The first-order valence-corrected chi connectivity index (χ1v) is 8.26. The highest BCUT2D eigenvalue weighted by molar-refractivity contribution is 6.02. The Labute approximate surface area is 148 Å². The molecule has 0 atom stereocenters. The van der Waals surface area contributed by atoms with E-state index in [1.807, 2.05) is 32.0 Å². The molecule has 132 valence electrons. The molecule has 5 heteroatoms.